The molecule has 0 atom stereocenters. The van der Waals surface area contributed by atoms with Crippen molar-refractivity contribution in [1.82, 2.24) is 13.5 Å². The van der Waals surface area contributed by atoms with E-state index in [1.54, 1.807) is 29.2 Å². The third-order valence-corrected chi connectivity index (χ3v) is 7.38. The molecule has 2 aliphatic rings. The van der Waals surface area contributed by atoms with E-state index in [0.717, 1.165) is 0 Å². The number of halogens is 1. The summed E-state index contributed by atoms with van der Waals surface area (Å²) >= 11 is 5.93. The summed E-state index contributed by atoms with van der Waals surface area (Å²) < 4.78 is 28.5. The van der Waals surface area contributed by atoms with Gasteiger partial charge in [0.05, 0.1) is 0 Å². The second-order valence-corrected chi connectivity index (χ2v) is 9.15. The number of nitrogens with two attached hydrogens (primary N) is 1. The molecule has 0 aromatic heterocycles. The molecule has 10 heteroatoms. The van der Waals surface area contributed by atoms with Gasteiger partial charge in [-0.25, -0.2) is 0 Å². The first-order valence-corrected chi connectivity index (χ1v) is 10.7. The maximum atomic E-state index is 12.8. The Morgan fingerprint density at radius 2 is 1.59 bits per heavy atom. The Morgan fingerprint density at radius 1 is 1.00 bits per heavy atom. The van der Waals surface area contributed by atoms with Gasteiger partial charge >= 0.3 is 0 Å². The second-order valence-electron chi connectivity index (χ2n) is 6.79. The summed E-state index contributed by atoms with van der Waals surface area (Å²) in [4.78, 5) is 25.4. The van der Waals surface area contributed by atoms with Crippen molar-refractivity contribution in [2.45, 2.75) is 12.8 Å². The molecule has 2 N–H and O–H groups in total. The fraction of sp³-hybridized carbons (Fsp3) is 0.529. The Morgan fingerprint density at radius 3 is 2.15 bits per heavy atom. The first kappa shape index (κ1) is 20.1. The van der Waals surface area contributed by atoms with Crippen LogP contribution in [0.15, 0.2) is 24.3 Å². The van der Waals surface area contributed by atoms with E-state index in [9.17, 15) is 18.0 Å². The third-order valence-electron chi connectivity index (χ3n) is 5.11. The van der Waals surface area contributed by atoms with Gasteiger partial charge in [0, 0.05) is 55.8 Å². The van der Waals surface area contributed by atoms with Crippen LogP contribution in [-0.4, -0.2) is 73.0 Å². The highest BCUT2D eigenvalue weighted by atomic mass is 35.5. The van der Waals surface area contributed by atoms with E-state index in [1.807, 2.05) is 0 Å². The zero-order valence-corrected chi connectivity index (χ0v) is 16.5. The summed E-state index contributed by atoms with van der Waals surface area (Å²) in [5.41, 5.74) is 5.80. The summed E-state index contributed by atoms with van der Waals surface area (Å²) in [6.07, 6.45) is 0.892. The molecule has 1 aromatic rings. The van der Waals surface area contributed by atoms with Crippen molar-refractivity contribution in [3.8, 4) is 0 Å². The minimum Gasteiger partial charge on any atom is -0.369 e. The summed E-state index contributed by atoms with van der Waals surface area (Å²) in [5.74, 6) is -0.791. The first-order chi connectivity index (χ1) is 12.8. The van der Waals surface area contributed by atoms with Crippen molar-refractivity contribution in [3.63, 3.8) is 0 Å². The van der Waals surface area contributed by atoms with Crippen molar-refractivity contribution >= 4 is 33.6 Å². The number of hydrogen-bond acceptors (Lipinski definition) is 4. The lowest BCUT2D eigenvalue weighted by Crippen LogP contribution is -2.55. The smallest absolute Gasteiger partial charge is 0.282 e. The number of piperazine rings is 1. The number of primary amides is 1. The number of carbonyl (C=O) groups is 2. The molecule has 2 saturated heterocycles. The number of amides is 2. The molecule has 0 radical (unpaired) electrons. The minimum atomic E-state index is -3.60. The molecule has 3 rings (SSSR count). The number of hydrogen-bond donors (Lipinski definition) is 1. The van der Waals surface area contributed by atoms with Crippen molar-refractivity contribution < 1.29 is 18.0 Å². The van der Waals surface area contributed by atoms with Crippen LogP contribution in [0.2, 0.25) is 5.02 Å². The fourth-order valence-electron chi connectivity index (χ4n) is 3.46. The Kier molecular flexibility index (Phi) is 6.05. The topological polar surface area (TPSA) is 104 Å². The van der Waals surface area contributed by atoms with E-state index in [1.165, 1.54) is 8.61 Å². The molecule has 0 saturated carbocycles. The van der Waals surface area contributed by atoms with Gasteiger partial charge in [0.25, 0.3) is 16.1 Å². The molecule has 2 heterocycles. The highest BCUT2D eigenvalue weighted by molar-refractivity contribution is 7.86. The molecule has 2 aliphatic heterocycles. The molecule has 8 nitrogen and oxygen atoms in total. The van der Waals surface area contributed by atoms with Crippen LogP contribution in [0.1, 0.15) is 23.2 Å². The van der Waals surface area contributed by atoms with Crippen molar-refractivity contribution in [2.24, 2.45) is 11.7 Å². The number of piperidine rings is 1. The number of nitrogens with zero attached hydrogens (tertiary/aromatic N) is 3. The molecule has 27 heavy (non-hydrogen) atoms. The number of carbonyl (C=O) groups excluding carboxylic acids is 2. The van der Waals surface area contributed by atoms with Gasteiger partial charge in [0.2, 0.25) is 5.91 Å². The van der Waals surface area contributed by atoms with E-state index >= 15 is 0 Å². The molecule has 2 amide bonds. The quantitative estimate of drug-likeness (QED) is 0.776. The molecule has 148 valence electrons. The van der Waals surface area contributed by atoms with Crippen LogP contribution in [0.5, 0.6) is 0 Å². The standard InChI is InChI=1S/C17H23ClN4O4S/c18-15-3-1-2-14(12-15)17(24)20-8-10-22(11-9-20)27(25,26)21-6-4-13(5-7-21)16(19)23/h1-3,12-13H,4-11H2,(H2,19,23). The molecule has 0 spiro atoms. The molecule has 0 aliphatic carbocycles. The SMILES string of the molecule is NC(=O)C1CCN(S(=O)(=O)N2CCN(C(=O)c3cccc(Cl)c3)CC2)CC1. The lowest BCUT2D eigenvalue weighted by Gasteiger charge is -2.38. The van der Waals surface area contributed by atoms with E-state index < -0.39 is 10.2 Å². The van der Waals surface area contributed by atoms with Gasteiger partial charge in [-0.2, -0.15) is 17.0 Å². The maximum absolute atomic E-state index is 12.8. The van der Waals surface area contributed by atoms with E-state index in [4.69, 9.17) is 17.3 Å². The Bertz CT molecular complexity index is 816. The molecule has 2 fully saturated rings. The molecule has 0 bridgehead atoms. The van der Waals surface area contributed by atoms with Gasteiger partial charge in [-0.05, 0) is 31.0 Å². The summed E-state index contributed by atoms with van der Waals surface area (Å²) in [6, 6.07) is 6.71. The summed E-state index contributed by atoms with van der Waals surface area (Å²) in [7, 11) is -3.60. The van der Waals surface area contributed by atoms with Crippen LogP contribution in [0.3, 0.4) is 0 Å². The molecule has 0 unspecified atom stereocenters. The average Bonchev–Trinajstić information content (AvgIpc) is 2.67. The van der Waals surface area contributed by atoms with Crippen LogP contribution in [0.4, 0.5) is 0 Å². The Hall–Kier alpha value is -1.68. The highest BCUT2D eigenvalue weighted by Crippen LogP contribution is 2.22. The molecular weight excluding hydrogens is 392 g/mol. The minimum absolute atomic E-state index is 0.156. The Labute approximate surface area is 164 Å². The molecule has 1 aromatic carbocycles. The predicted molar refractivity (Wildman–Crippen MR) is 101 cm³/mol. The maximum Gasteiger partial charge on any atom is 0.282 e. The zero-order chi connectivity index (χ0) is 19.6. The number of rotatable bonds is 4. The summed E-state index contributed by atoms with van der Waals surface area (Å²) in [6.45, 7) is 1.70. The zero-order valence-electron chi connectivity index (χ0n) is 14.9. The van der Waals surface area contributed by atoms with Crippen molar-refractivity contribution in [3.05, 3.63) is 34.9 Å². The van der Waals surface area contributed by atoms with Gasteiger partial charge < -0.3 is 10.6 Å². The normalized spacial score (nSPS) is 20.6. The first-order valence-electron chi connectivity index (χ1n) is 8.88. The molecular formula is C17H23ClN4O4S. The van der Waals surface area contributed by atoms with Crippen LogP contribution in [-0.2, 0) is 15.0 Å². The largest absolute Gasteiger partial charge is 0.369 e. The van der Waals surface area contributed by atoms with E-state index in [0.29, 0.717) is 36.5 Å². The van der Waals surface area contributed by atoms with E-state index in [-0.39, 0.29) is 43.9 Å². The van der Waals surface area contributed by atoms with Crippen molar-refractivity contribution in [2.75, 3.05) is 39.3 Å². The van der Waals surface area contributed by atoms with Crippen LogP contribution >= 0.6 is 11.6 Å². The number of benzene rings is 1. The van der Waals surface area contributed by atoms with Gasteiger partial charge in [-0.3, -0.25) is 9.59 Å². The lowest BCUT2D eigenvalue weighted by atomic mass is 9.98. The van der Waals surface area contributed by atoms with Crippen LogP contribution in [0, 0.1) is 5.92 Å². The van der Waals surface area contributed by atoms with Crippen LogP contribution < -0.4 is 5.73 Å². The van der Waals surface area contributed by atoms with Gasteiger partial charge in [-0.1, -0.05) is 17.7 Å². The van der Waals surface area contributed by atoms with Gasteiger partial charge in [0.1, 0.15) is 0 Å². The Balaban J connectivity index is 1.58. The van der Waals surface area contributed by atoms with Gasteiger partial charge in [0.15, 0.2) is 0 Å². The predicted octanol–water partition coefficient (Wildman–Crippen LogP) is 0.540. The lowest BCUT2D eigenvalue weighted by molar-refractivity contribution is -0.122. The van der Waals surface area contributed by atoms with Crippen LogP contribution in [0.25, 0.3) is 0 Å². The third kappa shape index (κ3) is 4.43. The van der Waals surface area contributed by atoms with Gasteiger partial charge in [-0.15, -0.1) is 0 Å². The van der Waals surface area contributed by atoms with E-state index in [2.05, 4.69) is 0 Å². The summed E-state index contributed by atoms with van der Waals surface area (Å²) in [5, 5.41) is 0.487. The average molecular weight is 415 g/mol. The second kappa shape index (κ2) is 8.14. The van der Waals surface area contributed by atoms with Crippen molar-refractivity contribution in [1.29, 1.82) is 0 Å². The fourth-order valence-corrected chi connectivity index (χ4v) is 5.27. The highest BCUT2D eigenvalue weighted by Gasteiger charge is 2.36. The monoisotopic (exact) mass is 414 g/mol.